The zero-order valence-corrected chi connectivity index (χ0v) is 18.6. The highest BCUT2D eigenvalue weighted by atomic mass is 35.5. The van der Waals surface area contributed by atoms with Gasteiger partial charge in [0.2, 0.25) is 0 Å². The molecule has 1 aromatic heterocycles. The zero-order valence-electron chi connectivity index (χ0n) is 17.0. The number of aromatic nitrogens is 1. The third-order valence-electron chi connectivity index (χ3n) is 5.21. The van der Waals surface area contributed by atoms with Crippen LogP contribution in [0.1, 0.15) is 23.8 Å². The van der Waals surface area contributed by atoms with Crippen molar-refractivity contribution >= 4 is 23.4 Å². The van der Waals surface area contributed by atoms with E-state index >= 15 is 0 Å². The number of aliphatic hydroxyl groups excluding tert-OH is 2. The highest BCUT2D eigenvalue weighted by Crippen LogP contribution is 2.41. The van der Waals surface area contributed by atoms with Crippen molar-refractivity contribution in [2.75, 3.05) is 13.7 Å². The molecular weight excluding hydrogens is 458 g/mol. The highest BCUT2D eigenvalue weighted by molar-refractivity contribution is 7.99. The van der Waals surface area contributed by atoms with E-state index in [9.17, 15) is 10.2 Å². The third-order valence-corrected chi connectivity index (χ3v) is 6.62. The summed E-state index contributed by atoms with van der Waals surface area (Å²) >= 11 is 7.22. The number of nitrogens with one attached hydrogen (secondary N) is 1. The summed E-state index contributed by atoms with van der Waals surface area (Å²) in [6.07, 6.45) is -2.74. The molecule has 2 aliphatic heterocycles. The Labute approximate surface area is 193 Å². The Morgan fingerprint density at radius 3 is 2.84 bits per heavy atom. The summed E-state index contributed by atoms with van der Waals surface area (Å²) < 4.78 is 18.0. The van der Waals surface area contributed by atoms with Crippen molar-refractivity contribution in [3.8, 4) is 0 Å². The molecule has 0 spiro atoms. The summed E-state index contributed by atoms with van der Waals surface area (Å²) in [6.45, 7) is 0.186. The SMILES string of the molecule is CNC(O)c1ncc(Cl)cc1S[C@H]1OC2COC(c3ccccc3)O[C@@H]2C(N=[N+]=[N-])C1O. The summed E-state index contributed by atoms with van der Waals surface area (Å²) in [5, 5.41) is 28.1. The van der Waals surface area contributed by atoms with Crippen LogP contribution in [0.15, 0.2) is 52.6 Å². The zero-order chi connectivity index (χ0) is 22.7. The molecule has 10 nitrogen and oxygen atoms in total. The van der Waals surface area contributed by atoms with E-state index in [1.54, 1.807) is 13.1 Å². The van der Waals surface area contributed by atoms with E-state index in [0.29, 0.717) is 15.6 Å². The molecule has 2 aromatic rings. The Morgan fingerprint density at radius 1 is 1.34 bits per heavy atom. The summed E-state index contributed by atoms with van der Waals surface area (Å²) in [6, 6.07) is 10.1. The van der Waals surface area contributed by atoms with Crippen LogP contribution in [0, 0.1) is 0 Å². The van der Waals surface area contributed by atoms with Gasteiger partial charge in [0, 0.05) is 21.6 Å². The predicted molar refractivity (Wildman–Crippen MR) is 117 cm³/mol. The van der Waals surface area contributed by atoms with Crippen LogP contribution in [0.5, 0.6) is 0 Å². The van der Waals surface area contributed by atoms with Gasteiger partial charge in [-0.05, 0) is 18.6 Å². The summed E-state index contributed by atoms with van der Waals surface area (Å²) in [4.78, 5) is 7.61. The first-order valence-corrected chi connectivity index (χ1v) is 11.1. The van der Waals surface area contributed by atoms with E-state index in [4.69, 9.17) is 31.3 Å². The molecule has 2 aliphatic rings. The Kier molecular flexibility index (Phi) is 7.51. The van der Waals surface area contributed by atoms with Crippen molar-refractivity contribution in [3.05, 3.63) is 69.3 Å². The third kappa shape index (κ3) is 4.86. The molecule has 32 heavy (non-hydrogen) atoms. The molecule has 3 heterocycles. The van der Waals surface area contributed by atoms with E-state index in [2.05, 4.69) is 20.3 Å². The number of aliphatic hydroxyl groups is 2. The average molecular weight is 480 g/mol. The van der Waals surface area contributed by atoms with Gasteiger partial charge >= 0.3 is 0 Å². The van der Waals surface area contributed by atoms with Gasteiger partial charge in [-0.2, -0.15) is 0 Å². The Bertz CT molecular complexity index is 982. The van der Waals surface area contributed by atoms with Crippen LogP contribution in [0.2, 0.25) is 5.02 Å². The lowest BCUT2D eigenvalue weighted by atomic mass is 9.97. The topological polar surface area (TPSA) is 142 Å². The number of rotatable bonds is 6. The van der Waals surface area contributed by atoms with E-state index in [0.717, 1.165) is 17.3 Å². The monoisotopic (exact) mass is 479 g/mol. The second-order valence-corrected chi connectivity index (χ2v) is 8.83. The molecule has 4 rings (SSSR count). The Morgan fingerprint density at radius 2 is 2.12 bits per heavy atom. The maximum absolute atomic E-state index is 11.0. The second-order valence-electron chi connectivity index (χ2n) is 7.25. The molecule has 0 bridgehead atoms. The molecule has 7 atom stereocenters. The largest absolute Gasteiger partial charge is 0.389 e. The van der Waals surface area contributed by atoms with E-state index in [-0.39, 0.29) is 6.61 Å². The van der Waals surface area contributed by atoms with Gasteiger partial charge in [-0.3, -0.25) is 10.3 Å². The van der Waals surface area contributed by atoms with Crippen LogP contribution in [-0.4, -0.2) is 58.6 Å². The quantitative estimate of drug-likeness (QED) is 0.248. The van der Waals surface area contributed by atoms with Gasteiger partial charge in [0.25, 0.3) is 0 Å². The number of benzene rings is 1. The fourth-order valence-electron chi connectivity index (χ4n) is 3.64. The first kappa shape index (κ1) is 23.2. The lowest BCUT2D eigenvalue weighted by Crippen LogP contribution is -2.60. The van der Waals surface area contributed by atoms with Gasteiger partial charge < -0.3 is 24.4 Å². The van der Waals surface area contributed by atoms with Crippen molar-refractivity contribution in [2.45, 2.75) is 47.2 Å². The maximum atomic E-state index is 11.0. The molecule has 0 radical (unpaired) electrons. The lowest BCUT2D eigenvalue weighted by molar-refractivity contribution is -0.297. The van der Waals surface area contributed by atoms with Crippen LogP contribution in [0.25, 0.3) is 10.4 Å². The van der Waals surface area contributed by atoms with E-state index < -0.39 is 42.3 Å². The molecule has 12 heteroatoms. The number of ether oxygens (including phenoxy) is 3. The number of hydrogen-bond donors (Lipinski definition) is 3. The number of hydrogen-bond acceptors (Lipinski definition) is 9. The standard InChI is InChI=1S/C20H22ClN5O5S/c1-23-18(28)14-13(7-11(21)8-24-14)32-20-16(27)15(25-26-22)17-12(30-20)9-29-19(31-17)10-5-3-2-4-6-10/h2-8,12,15-20,23,27-28H,9H2,1H3/t12?,15?,16?,17-,18?,19?,20+/m0/s1. The molecule has 0 amide bonds. The predicted octanol–water partition coefficient (Wildman–Crippen LogP) is 2.92. The number of thioether (sulfide) groups is 1. The molecule has 5 unspecified atom stereocenters. The number of pyridine rings is 1. The summed E-state index contributed by atoms with van der Waals surface area (Å²) in [5.74, 6) is 0. The fourth-order valence-corrected chi connectivity index (χ4v) is 5.09. The van der Waals surface area contributed by atoms with E-state index in [1.165, 1.54) is 6.20 Å². The van der Waals surface area contributed by atoms with Gasteiger partial charge in [-0.15, -0.1) is 0 Å². The van der Waals surface area contributed by atoms with Crippen molar-refractivity contribution in [1.82, 2.24) is 10.3 Å². The van der Waals surface area contributed by atoms with Gasteiger partial charge in [0.15, 0.2) is 6.29 Å². The number of nitrogens with zero attached hydrogens (tertiary/aromatic N) is 4. The minimum Gasteiger partial charge on any atom is -0.389 e. The van der Waals surface area contributed by atoms with Gasteiger partial charge in [0.1, 0.15) is 30.0 Å². The summed E-state index contributed by atoms with van der Waals surface area (Å²) in [5.41, 5.74) is 9.42. The first-order valence-electron chi connectivity index (χ1n) is 9.89. The molecule has 170 valence electrons. The van der Waals surface area contributed by atoms with Crippen molar-refractivity contribution in [2.24, 2.45) is 5.11 Å². The molecule has 1 aromatic carbocycles. The minimum atomic E-state index is -1.19. The maximum Gasteiger partial charge on any atom is 0.184 e. The van der Waals surface area contributed by atoms with Crippen molar-refractivity contribution < 1.29 is 24.4 Å². The smallest absolute Gasteiger partial charge is 0.184 e. The molecule has 2 fully saturated rings. The van der Waals surface area contributed by atoms with Gasteiger partial charge in [0.05, 0.1) is 23.4 Å². The molecule has 2 saturated heterocycles. The minimum absolute atomic E-state index is 0.186. The normalized spacial score (nSPS) is 30.8. The van der Waals surface area contributed by atoms with Crippen molar-refractivity contribution in [3.63, 3.8) is 0 Å². The molecular formula is C20H22ClN5O5S. The number of halogens is 1. The van der Waals surface area contributed by atoms with Crippen molar-refractivity contribution in [1.29, 1.82) is 0 Å². The van der Waals surface area contributed by atoms with Crippen LogP contribution < -0.4 is 5.32 Å². The highest BCUT2D eigenvalue weighted by Gasteiger charge is 2.49. The van der Waals surface area contributed by atoms with Crippen LogP contribution in [0.3, 0.4) is 0 Å². The second kappa shape index (κ2) is 10.3. The molecule has 0 saturated carbocycles. The Balaban J connectivity index is 1.57. The first-order chi connectivity index (χ1) is 15.5. The fraction of sp³-hybridized carbons (Fsp3) is 0.450. The number of azide groups is 1. The molecule has 0 aliphatic carbocycles. The van der Waals surface area contributed by atoms with Crippen LogP contribution in [-0.2, 0) is 14.2 Å². The Hall–Kier alpha value is -1.92. The average Bonchev–Trinajstić information content (AvgIpc) is 2.81. The summed E-state index contributed by atoms with van der Waals surface area (Å²) in [7, 11) is 1.59. The van der Waals surface area contributed by atoms with Gasteiger partial charge in [-0.25, -0.2) is 0 Å². The molecule has 3 N–H and O–H groups in total. The van der Waals surface area contributed by atoms with Crippen LogP contribution in [0.4, 0.5) is 0 Å². The number of fused-ring (bicyclic) bond motifs is 1. The van der Waals surface area contributed by atoms with Crippen LogP contribution >= 0.6 is 23.4 Å². The van der Waals surface area contributed by atoms with Gasteiger partial charge in [-0.1, -0.05) is 58.8 Å². The lowest BCUT2D eigenvalue weighted by Gasteiger charge is -2.46. The van der Waals surface area contributed by atoms with E-state index in [1.807, 2.05) is 30.3 Å².